The fourth-order valence-electron chi connectivity index (χ4n) is 4.75. The lowest BCUT2D eigenvalue weighted by atomic mass is 10.0. The molecule has 1 amide bonds. The predicted octanol–water partition coefficient (Wildman–Crippen LogP) is 2.34. The van der Waals surface area contributed by atoms with E-state index in [-0.39, 0.29) is 0 Å². The van der Waals surface area contributed by atoms with Crippen LogP contribution in [0.25, 0.3) is 0 Å². The van der Waals surface area contributed by atoms with Crippen LogP contribution in [0.4, 0.5) is 5.82 Å². The Kier molecular flexibility index (Phi) is 3.95. The molecule has 0 saturated carbocycles. The van der Waals surface area contributed by atoms with Gasteiger partial charge in [-0.05, 0) is 44.9 Å². The number of carbonyl (C=O) groups is 1. The van der Waals surface area contributed by atoms with Crippen molar-refractivity contribution in [2.24, 2.45) is 0 Å². The predicted molar refractivity (Wildman–Crippen MR) is 89.5 cm³/mol. The van der Waals surface area contributed by atoms with E-state index in [0.29, 0.717) is 24.4 Å². The average Bonchev–Trinajstić information content (AvgIpc) is 3.31. The van der Waals surface area contributed by atoms with Gasteiger partial charge in [0.25, 0.3) is 0 Å². The number of carbonyl (C=O) groups excluding carboxylic acids is 1. The highest BCUT2D eigenvalue weighted by molar-refractivity contribution is 5.76. The SMILES string of the molecule is CCC(=O)N1CCC[C@@H]1[C@@H]1CCCN1c1ncnc2c1CCC2. The Morgan fingerprint density at radius 2 is 1.96 bits per heavy atom. The third kappa shape index (κ3) is 2.50. The van der Waals surface area contributed by atoms with Crippen molar-refractivity contribution in [3.05, 3.63) is 17.6 Å². The minimum absolute atomic E-state index is 0.312. The zero-order valence-corrected chi connectivity index (χ0v) is 14.0. The van der Waals surface area contributed by atoms with Gasteiger partial charge in [0.15, 0.2) is 0 Å². The highest BCUT2D eigenvalue weighted by Gasteiger charge is 2.40. The highest BCUT2D eigenvalue weighted by atomic mass is 16.2. The average molecular weight is 314 g/mol. The molecule has 1 aromatic heterocycles. The molecule has 3 aliphatic rings. The summed E-state index contributed by atoms with van der Waals surface area (Å²) in [4.78, 5) is 26.1. The van der Waals surface area contributed by atoms with E-state index in [1.165, 1.54) is 30.5 Å². The van der Waals surface area contributed by atoms with Gasteiger partial charge in [-0.25, -0.2) is 9.97 Å². The molecule has 0 aromatic carbocycles. The van der Waals surface area contributed by atoms with Gasteiger partial charge in [0, 0.05) is 30.8 Å². The van der Waals surface area contributed by atoms with Crippen molar-refractivity contribution in [3.8, 4) is 0 Å². The highest BCUT2D eigenvalue weighted by Crippen LogP contribution is 2.36. The summed E-state index contributed by atoms with van der Waals surface area (Å²) in [5.74, 6) is 1.47. The fraction of sp³-hybridized carbons (Fsp3) is 0.722. The second-order valence-electron chi connectivity index (χ2n) is 7.03. The maximum Gasteiger partial charge on any atom is 0.222 e. The summed E-state index contributed by atoms with van der Waals surface area (Å²) in [6.45, 7) is 3.98. The Morgan fingerprint density at radius 3 is 2.83 bits per heavy atom. The number of rotatable bonds is 3. The third-order valence-corrected chi connectivity index (χ3v) is 5.79. The number of likely N-dealkylation sites (tertiary alicyclic amines) is 1. The number of hydrogen-bond acceptors (Lipinski definition) is 4. The van der Waals surface area contributed by atoms with Crippen LogP contribution in [-0.2, 0) is 17.6 Å². The first-order valence-corrected chi connectivity index (χ1v) is 9.18. The fourth-order valence-corrected chi connectivity index (χ4v) is 4.75. The van der Waals surface area contributed by atoms with E-state index in [0.717, 1.165) is 44.6 Å². The standard InChI is InChI=1S/C18H26N4O/c1-2-17(23)21-10-4-8-15(21)16-9-5-11-22(16)18-13-6-3-7-14(13)19-12-20-18/h12,15-16H,2-11H2,1H3/t15-,16+/m1/s1. The molecular formula is C18H26N4O. The lowest BCUT2D eigenvalue weighted by molar-refractivity contribution is -0.132. The molecule has 2 atom stereocenters. The van der Waals surface area contributed by atoms with Gasteiger partial charge in [-0.15, -0.1) is 0 Å². The maximum absolute atomic E-state index is 12.3. The van der Waals surface area contributed by atoms with Crippen molar-refractivity contribution in [1.29, 1.82) is 0 Å². The minimum Gasteiger partial charge on any atom is -0.351 e. The van der Waals surface area contributed by atoms with Crippen molar-refractivity contribution in [2.45, 2.75) is 70.4 Å². The van der Waals surface area contributed by atoms with Crippen LogP contribution in [0.5, 0.6) is 0 Å². The van der Waals surface area contributed by atoms with E-state index >= 15 is 0 Å². The van der Waals surface area contributed by atoms with Gasteiger partial charge in [0.1, 0.15) is 12.1 Å². The largest absolute Gasteiger partial charge is 0.351 e. The zero-order valence-electron chi connectivity index (χ0n) is 14.0. The van der Waals surface area contributed by atoms with Crippen LogP contribution >= 0.6 is 0 Å². The summed E-state index contributed by atoms with van der Waals surface area (Å²) in [7, 11) is 0. The minimum atomic E-state index is 0.312. The third-order valence-electron chi connectivity index (χ3n) is 5.79. The summed E-state index contributed by atoms with van der Waals surface area (Å²) in [5, 5.41) is 0. The van der Waals surface area contributed by atoms with Gasteiger partial charge >= 0.3 is 0 Å². The molecule has 1 aromatic rings. The second-order valence-corrected chi connectivity index (χ2v) is 7.03. The van der Waals surface area contributed by atoms with E-state index in [1.54, 1.807) is 6.33 Å². The van der Waals surface area contributed by atoms with E-state index in [2.05, 4.69) is 19.8 Å². The number of anilines is 1. The number of aryl methyl sites for hydroxylation is 1. The molecule has 2 aliphatic heterocycles. The first kappa shape index (κ1) is 14.9. The van der Waals surface area contributed by atoms with Gasteiger partial charge < -0.3 is 9.80 Å². The normalized spacial score (nSPS) is 26.8. The van der Waals surface area contributed by atoms with Crippen LogP contribution in [0.15, 0.2) is 6.33 Å². The van der Waals surface area contributed by atoms with Crippen molar-refractivity contribution in [3.63, 3.8) is 0 Å². The van der Waals surface area contributed by atoms with Gasteiger partial charge in [-0.3, -0.25) is 4.79 Å². The molecule has 2 saturated heterocycles. The summed E-state index contributed by atoms with van der Waals surface area (Å²) < 4.78 is 0. The van der Waals surface area contributed by atoms with E-state index in [9.17, 15) is 4.79 Å². The van der Waals surface area contributed by atoms with Crippen LogP contribution in [0.2, 0.25) is 0 Å². The van der Waals surface area contributed by atoms with Crippen LogP contribution in [0.1, 0.15) is 56.7 Å². The second kappa shape index (κ2) is 6.10. The summed E-state index contributed by atoms with van der Waals surface area (Å²) in [6, 6.07) is 0.810. The summed E-state index contributed by atoms with van der Waals surface area (Å²) >= 11 is 0. The molecule has 3 heterocycles. The van der Waals surface area contributed by atoms with Crippen LogP contribution < -0.4 is 4.90 Å². The maximum atomic E-state index is 12.3. The molecule has 0 N–H and O–H groups in total. The Balaban J connectivity index is 1.62. The molecule has 4 rings (SSSR count). The molecule has 124 valence electrons. The van der Waals surface area contributed by atoms with Gasteiger partial charge in [0.05, 0.1) is 12.1 Å². The molecule has 5 nitrogen and oxygen atoms in total. The van der Waals surface area contributed by atoms with E-state index < -0.39 is 0 Å². The van der Waals surface area contributed by atoms with Crippen LogP contribution in [0.3, 0.4) is 0 Å². The van der Waals surface area contributed by atoms with Crippen molar-refractivity contribution in [2.75, 3.05) is 18.0 Å². The number of hydrogen-bond donors (Lipinski definition) is 0. The lowest BCUT2D eigenvalue weighted by Crippen LogP contribution is -2.48. The molecule has 0 unspecified atom stereocenters. The topological polar surface area (TPSA) is 49.3 Å². The smallest absolute Gasteiger partial charge is 0.222 e. The monoisotopic (exact) mass is 314 g/mol. The van der Waals surface area contributed by atoms with E-state index in [1.807, 2.05) is 6.92 Å². The lowest BCUT2D eigenvalue weighted by Gasteiger charge is -2.36. The molecule has 0 bridgehead atoms. The van der Waals surface area contributed by atoms with Crippen molar-refractivity contribution < 1.29 is 4.79 Å². The van der Waals surface area contributed by atoms with E-state index in [4.69, 9.17) is 0 Å². The molecule has 0 radical (unpaired) electrons. The first-order chi connectivity index (χ1) is 11.3. The number of nitrogens with zero attached hydrogens (tertiary/aromatic N) is 4. The van der Waals surface area contributed by atoms with Crippen LogP contribution in [0, 0.1) is 0 Å². The van der Waals surface area contributed by atoms with Crippen molar-refractivity contribution >= 4 is 11.7 Å². The zero-order chi connectivity index (χ0) is 15.8. The summed E-state index contributed by atoms with van der Waals surface area (Å²) in [5.41, 5.74) is 2.61. The number of amides is 1. The van der Waals surface area contributed by atoms with Gasteiger partial charge in [0.2, 0.25) is 5.91 Å². The molecule has 5 heteroatoms. The van der Waals surface area contributed by atoms with Gasteiger partial charge in [-0.2, -0.15) is 0 Å². The van der Waals surface area contributed by atoms with Crippen LogP contribution in [-0.4, -0.2) is 45.9 Å². The Labute approximate surface area is 138 Å². The number of fused-ring (bicyclic) bond motifs is 1. The first-order valence-electron chi connectivity index (χ1n) is 9.18. The molecule has 1 aliphatic carbocycles. The van der Waals surface area contributed by atoms with Crippen molar-refractivity contribution in [1.82, 2.24) is 14.9 Å². The quantitative estimate of drug-likeness (QED) is 0.859. The molecule has 2 fully saturated rings. The Bertz CT molecular complexity index is 603. The molecule has 23 heavy (non-hydrogen) atoms. The Morgan fingerprint density at radius 1 is 1.13 bits per heavy atom. The number of aromatic nitrogens is 2. The summed E-state index contributed by atoms with van der Waals surface area (Å²) in [6.07, 6.45) is 10.4. The molecular weight excluding hydrogens is 288 g/mol. The van der Waals surface area contributed by atoms with Gasteiger partial charge in [-0.1, -0.05) is 6.92 Å². The Hall–Kier alpha value is -1.65. The molecule has 0 spiro atoms.